The molecule has 7 heteroatoms. The number of hydrogen-bond acceptors (Lipinski definition) is 4. The van der Waals surface area contributed by atoms with Gasteiger partial charge in [0, 0.05) is 29.4 Å². The van der Waals surface area contributed by atoms with Gasteiger partial charge in [-0.25, -0.2) is 4.98 Å². The first-order chi connectivity index (χ1) is 14.1. The fraction of sp³-hybridized carbons (Fsp3) is 0.227. The minimum atomic E-state index is -0.289. The van der Waals surface area contributed by atoms with E-state index < -0.39 is 0 Å². The van der Waals surface area contributed by atoms with E-state index in [4.69, 9.17) is 4.74 Å². The van der Waals surface area contributed by atoms with Crippen LogP contribution in [0.25, 0.3) is 11.0 Å². The SMILES string of the molecule is C=CC(=O)Nc1cccc(Oc2cnc3[nH]cc(CC(=O)NC4CCC4)c3c2)c1. The van der Waals surface area contributed by atoms with Gasteiger partial charge in [-0.15, -0.1) is 0 Å². The van der Waals surface area contributed by atoms with Crippen LogP contribution in [0.1, 0.15) is 24.8 Å². The second kappa shape index (κ2) is 8.18. The van der Waals surface area contributed by atoms with Crippen molar-refractivity contribution in [2.75, 3.05) is 5.32 Å². The van der Waals surface area contributed by atoms with Crippen molar-refractivity contribution >= 4 is 28.5 Å². The van der Waals surface area contributed by atoms with Gasteiger partial charge in [-0.3, -0.25) is 9.59 Å². The Bertz CT molecular complexity index is 1070. The Labute approximate surface area is 168 Å². The largest absolute Gasteiger partial charge is 0.456 e. The molecule has 0 spiro atoms. The van der Waals surface area contributed by atoms with E-state index in [1.807, 2.05) is 12.3 Å². The summed E-state index contributed by atoms with van der Waals surface area (Å²) in [4.78, 5) is 31.2. The Morgan fingerprint density at radius 1 is 1.28 bits per heavy atom. The first-order valence-corrected chi connectivity index (χ1v) is 9.57. The van der Waals surface area contributed by atoms with Crippen LogP contribution in [-0.2, 0) is 16.0 Å². The van der Waals surface area contributed by atoms with E-state index >= 15 is 0 Å². The molecule has 7 nitrogen and oxygen atoms in total. The number of rotatable bonds is 7. The molecule has 2 heterocycles. The zero-order valence-corrected chi connectivity index (χ0v) is 15.9. The number of carbonyl (C=O) groups is 2. The molecule has 29 heavy (non-hydrogen) atoms. The molecule has 0 aliphatic heterocycles. The number of aromatic amines is 1. The normalized spacial score (nSPS) is 13.5. The van der Waals surface area contributed by atoms with Gasteiger partial charge in [0.15, 0.2) is 0 Å². The van der Waals surface area contributed by atoms with Gasteiger partial charge in [0.2, 0.25) is 11.8 Å². The van der Waals surface area contributed by atoms with E-state index in [9.17, 15) is 9.59 Å². The highest BCUT2D eigenvalue weighted by Gasteiger charge is 2.20. The maximum Gasteiger partial charge on any atom is 0.247 e. The van der Waals surface area contributed by atoms with Crippen LogP contribution in [-0.4, -0.2) is 27.8 Å². The first kappa shape index (κ1) is 18.7. The summed E-state index contributed by atoms with van der Waals surface area (Å²) < 4.78 is 5.91. The van der Waals surface area contributed by atoms with Crippen LogP contribution >= 0.6 is 0 Å². The van der Waals surface area contributed by atoms with Gasteiger partial charge in [0.1, 0.15) is 17.1 Å². The number of pyridine rings is 1. The second-order valence-corrected chi connectivity index (χ2v) is 7.08. The minimum absolute atomic E-state index is 0.0209. The molecule has 0 unspecified atom stereocenters. The van der Waals surface area contributed by atoms with Crippen molar-refractivity contribution in [2.24, 2.45) is 0 Å². The van der Waals surface area contributed by atoms with E-state index in [-0.39, 0.29) is 11.8 Å². The highest BCUT2D eigenvalue weighted by Crippen LogP contribution is 2.28. The van der Waals surface area contributed by atoms with Gasteiger partial charge in [-0.1, -0.05) is 12.6 Å². The number of nitrogens with one attached hydrogen (secondary N) is 3. The summed E-state index contributed by atoms with van der Waals surface area (Å²) in [5, 5.41) is 6.60. The zero-order chi connectivity index (χ0) is 20.2. The first-order valence-electron chi connectivity index (χ1n) is 9.57. The fourth-order valence-electron chi connectivity index (χ4n) is 3.21. The summed E-state index contributed by atoms with van der Waals surface area (Å²) in [7, 11) is 0. The van der Waals surface area contributed by atoms with E-state index in [2.05, 4.69) is 27.2 Å². The lowest BCUT2D eigenvalue weighted by molar-refractivity contribution is -0.121. The molecule has 3 N–H and O–H groups in total. The number of fused-ring (bicyclic) bond motifs is 1. The van der Waals surface area contributed by atoms with Crippen LogP contribution in [0.4, 0.5) is 5.69 Å². The average Bonchev–Trinajstić information content (AvgIpc) is 3.07. The Morgan fingerprint density at radius 3 is 2.90 bits per heavy atom. The molecule has 1 fully saturated rings. The lowest BCUT2D eigenvalue weighted by Gasteiger charge is -2.26. The number of nitrogens with zero attached hydrogens (tertiary/aromatic N) is 1. The van der Waals surface area contributed by atoms with Gasteiger partial charge in [-0.2, -0.15) is 0 Å². The Hall–Kier alpha value is -3.61. The maximum atomic E-state index is 12.3. The highest BCUT2D eigenvalue weighted by molar-refractivity contribution is 5.99. The number of hydrogen-bond donors (Lipinski definition) is 3. The van der Waals surface area contributed by atoms with Crippen LogP contribution in [0.5, 0.6) is 11.5 Å². The Morgan fingerprint density at radius 2 is 2.14 bits per heavy atom. The average molecular weight is 390 g/mol. The molecule has 1 saturated carbocycles. The van der Waals surface area contributed by atoms with Crippen molar-refractivity contribution in [1.29, 1.82) is 0 Å². The summed E-state index contributed by atoms with van der Waals surface area (Å²) in [6, 6.07) is 9.24. The molecule has 0 radical (unpaired) electrons. The molecule has 1 aromatic carbocycles. The van der Waals surface area contributed by atoms with E-state index in [0.29, 0.717) is 35.3 Å². The third-order valence-electron chi connectivity index (χ3n) is 4.94. The smallest absolute Gasteiger partial charge is 0.247 e. The highest BCUT2D eigenvalue weighted by atomic mass is 16.5. The van der Waals surface area contributed by atoms with Gasteiger partial charge >= 0.3 is 0 Å². The van der Waals surface area contributed by atoms with Crippen LogP contribution in [0, 0.1) is 0 Å². The van der Waals surface area contributed by atoms with Crippen LogP contribution in [0.15, 0.2) is 55.4 Å². The van der Waals surface area contributed by atoms with Crippen molar-refractivity contribution in [3.05, 3.63) is 60.9 Å². The fourth-order valence-corrected chi connectivity index (χ4v) is 3.21. The van der Waals surface area contributed by atoms with Gasteiger partial charge in [-0.05, 0) is 49.1 Å². The van der Waals surface area contributed by atoms with Crippen molar-refractivity contribution in [2.45, 2.75) is 31.7 Å². The summed E-state index contributed by atoms with van der Waals surface area (Å²) >= 11 is 0. The predicted octanol–water partition coefficient (Wildman–Crippen LogP) is 3.69. The molecule has 0 bridgehead atoms. The lowest BCUT2D eigenvalue weighted by Crippen LogP contribution is -2.40. The van der Waals surface area contributed by atoms with E-state index in [1.54, 1.807) is 30.5 Å². The molecule has 1 aliphatic rings. The molecule has 2 amide bonds. The third-order valence-corrected chi connectivity index (χ3v) is 4.94. The molecule has 3 aromatic rings. The van der Waals surface area contributed by atoms with E-state index in [1.165, 1.54) is 12.5 Å². The van der Waals surface area contributed by atoms with Crippen molar-refractivity contribution in [3.63, 3.8) is 0 Å². The molecule has 148 valence electrons. The predicted molar refractivity (Wildman–Crippen MR) is 111 cm³/mol. The summed E-state index contributed by atoms with van der Waals surface area (Å²) in [6.07, 6.45) is 8.24. The van der Waals surface area contributed by atoms with Crippen molar-refractivity contribution in [1.82, 2.24) is 15.3 Å². The standard InChI is InChI=1S/C22H22N4O3/c1-2-20(27)26-16-7-4-8-17(10-16)29-18-11-19-14(12-23-22(19)24-13-18)9-21(28)25-15-5-3-6-15/h2,4,7-8,10-13,15H,1,3,5-6,9H2,(H,23,24)(H,25,28)(H,26,27). The third kappa shape index (κ3) is 4.45. The minimum Gasteiger partial charge on any atom is -0.456 e. The Balaban J connectivity index is 1.49. The summed E-state index contributed by atoms with van der Waals surface area (Å²) in [5.74, 6) is 0.840. The number of anilines is 1. The molecule has 0 atom stereocenters. The topological polar surface area (TPSA) is 96.1 Å². The van der Waals surface area contributed by atoms with Gasteiger partial charge in [0.05, 0.1) is 12.6 Å². The molecule has 0 saturated heterocycles. The molecule has 4 rings (SSSR count). The molecule has 2 aromatic heterocycles. The number of aromatic nitrogens is 2. The number of H-pyrrole nitrogens is 1. The Kier molecular flexibility index (Phi) is 5.29. The van der Waals surface area contributed by atoms with E-state index in [0.717, 1.165) is 23.8 Å². The molecular formula is C22H22N4O3. The lowest BCUT2D eigenvalue weighted by atomic mass is 9.93. The summed E-state index contributed by atoms with van der Waals surface area (Å²) in [6.45, 7) is 3.44. The quantitative estimate of drug-likeness (QED) is 0.536. The van der Waals surface area contributed by atoms with Crippen molar-refractivity contribution in [3.8, 4) is 11.5 Å². The number of amides is 2. The number of ether oxygens (including phenoxy) is 1. The molecule has 1 aliphatic carbocycles. The number of benzene rings is 1. The van der Waals surface area contributed by atoms with Crippen LogP contribution in [0.2, 0.25) is 0 Å². The van der Waals surface area contributed by atoms with Crippen LogP contribution in [0.3, 0.4) is 0 Å². The zero-order valence-electron chi connectivity index (χ0n) is 15.9. The van der Waals surface area contributed by atoms with Gasteiger partial charge < -0.3 is 20.4 Å². The number of carbonyl (C=O) groups excluding carboxylic acids is 2. The van der Waals surface area contributed by atoms with Crippen LogP contribution < -0.4 is 15.4 Å². The second-order valence-electron chi connectivity index (χ2n) is 7.08. The monoisotopic (exact) mass is 390 g/mol. The summed E-state index contributed by atoms with van der Waals surface area (Å²) in [5.41, 5.74) is 2.19. The maximum absolute atomic E-state index is 12.3. The van der Waals surface area contributed by atoms with Gasteiger partial charge in [0.25, 0.3) is 0 Å². The van der Waals surface area contributed by atoms with Crippen molar-refractivity contribution < 1.29 is 14.3 Å². The molecular weight excluding hydrogens is 368 g/mol.